The first-order chi connectivity index (χ1) is 9.16. The highest BCUT2D eigenvalue weighted by atomic mass is 19.1. The molecule has 2 rings (SSSR count). The van der Waals surface area contributed by atoms with Crippen molar-refractivity contribution in [1.29, 1.82) is 0 Å². The number of benzene rings is 1. The summed E-state index contributed by atoms with van der Waals surface area (Å²) >= 11 is 0. The second kappa shape index (κ2) is 6.09. The van der Waals surface area contributed by atoms with Gasteiger partial charge in [0, 0.05) is 12.6 Å². The van der Waals surface area contributed by atoms with Gasteiger partial charge in [0.25, 0.3) is 0 Å². The molecule has 4 heteroatoms. The molecule has 0 saturated carbocycles. The topological polar surface area (TPSA) is 39.2 Å². The molecule has 0 radical (unpaired) electrons. The number of ether oxygens (including phenoxy) is 1. The Kier molecular flexibility index (Phi) is 4.23. The van der Waals surface area contributed by atoms with Crippen LogP contribution in [0.4, 0.5) is 4.39 Å². The van der Waals surface area contributed by atoms with Crippen molar-refractivity contribution < 1.29 is 13.9 Å². The average molecular weight is 259 g/mol. The van der Waals surface area contributed by atoms with Crippen LogP contribution >= 0.6 is 0 Å². The maximum absolute atomic E-state index is 13.3. The molecule has 0 aliphatic carbocycles. The minimum atomic E-state index is -0.594. The lowest BCUT2D eigenvalue weighted by molar-refractivity contribution is 0.0958. The lowest BCUT2D eigenvalue weighted by Crippen LogP contribution is -2.08. The van der Waals surface area contributed by atoms with Gasteiger partial charge in [-0.15, -0.1) is 0 Å². The number of rotatable bonds is 5. The van der Waals surface area contributed by atoms with E-state index in [2.05, 4.69) is 4.98 Å². The summed E-state index contributed by atoms with van der Waals surface area (Å²) in [5, 5.41) is 0. The zero-order chi connectivity index (χ0) is 13.7. The molecular weight excluding hydrogens is 245 g/mol. The van der Waals surface area contributed by atoms with Crippen molar-refractivity contribution in [3.8, 4) is 5.75 Å². The number of halogens is 1. The van der Waals surface area contributed by atoms with E-state index in [0.29, 0.717) is 5.75 Å². The summed E-state index contributed by atoms with van der Waals surface area (Å²) in [7, 11) is 0. The Hall–Kier alpha value is -2.23. The third-order valence-electron chi connectivity index (χ3n) is 2.66. The van der Waals surface area contributed by atoms with Crippen LogP contribution in [0.15, 0.2) is 42.7 Å². The molecule has 0 amide bonds. The lowest BCUT2D eigenvalue weighted by Gasteiger charge is -2.06. The fraction of sp³-hybridized carbons (Fsp3) is 0.200. The average Bonchev–Trinajstić information content (AvgIpc) is 2.39. The van der Waals surface area contributed by atoms with Crippen molar-refractivity contribution in [3.05, 3.63) is 59.7 Å². The Morgan fingerprint density at radius 1 is 1.37 bits per heavy atom. The maximum Gasteiger partial charge on any atom is 0.169 e. The molecule has 0 bridgehead atoms. The Labute approximate surface area is 111 Å². The van der Waals surface area contributed by atoms with E-state index in [1.807, 2.05) is 31.2 Å². The number of Topliss-reactive ketones (excluding diaryl/α,β-unsaturated/α-hetero) is 1. The number of hydrogen-bond donors (Lipinski definition) is 0. The molecule has 0 aliphatic rings. The van der Waals surface area contributed by atoms with Crippen molar-refractivity contribution in [2.75, 3.05) is 6.61 Å². The molecule has 0 N–H and O–H groups in total. The number of pyridine rings is 1. The lowest BCUT2D eigenvalue weighted by atomic mass is 10.1. The van der Waals surface area contributed by atoms with E-state index in [0.717, 1.165) is 11.8 Å². The Balaban J connectivity index is 1.90. The molecule has 0 fully saturated rings. The van der Waals surface area contributed by atoms with Gasteiger partial charge < -0.3 is 4.74 Å². The summed E-state index contributed by atoms with van der Waals surface area (Å²) in [5.74, 6) is -0.168. The molecule has 3 nitrogen and oxygen atoms in total. The summed E-state index contributed by atoms with van der Waals surface area (Å²) in [4.78, 5) is 15.4. The molecule has 1 aromatic heterocycles. The smallest absolute Gasteiger partial charge is 0.169 e. The Morgan fingerprint density at radius 2 is 2.21 bits per heavy atom. The molecule has 98 valence electrons. The summed E-state index contributed by atoms with van der Waals surface area (Å²) in [6.45, 7) is 2.19. The molecule has 19 heavy (non-hydrogen) atoms. The van der Waals surface area contributed by atoms with E-state index in [1.54, 1.807) is 0 Å². The van der Waals surface area contributed by atoms with Crippen molar-refractivity contribution in [3.63, 3.8) is 0 Å². The first-order valence-corrected chi connectivity index (χ1v) is 5.99. The molecule has 1 aromatic carbocycles. The molecular formula is C15H14FNO2. The van der Waals surface area contributed by atoms with Crippen LogP contribution in [0.3, 0.4) is 0 Å². The number of nitrogens with zero attached hydrogens (tertiary/aromatic N) is 1. The van der Waals surface area contributed by atoms with E-state index in [1.165, 1.54) is 12.3 Å². The first kappa shape index (κ1) is 13.2. The molecule has 0 unspecified atom stereocenters. The van der Waals surface area contributed by atoms with Crippen molar-refractivity contribution in [2.45, 2.75) is 13.3 Å². The van der Waals surface area contributed by atoms with Gasteiger partial charge in [-0.2, -0.15) is 0 Å². The minimum Gasteiger partial charge on any atom is -0.493 e. The van der Waals surface area contributed by atoms with Gasteiger partial charge in [0.15, 0.2) is 11.6 Å². The second-order valence-electron chi connectivity index (χ2n) is 4.19. The molecule has 2 aromatic rings. The van der Waals surface area contributed by atoms with Gasteiger partial charge in [0.1, 0.15) is 5.75 Å². The summed E-state index contributed by atoms with van der Waals surface area (Å²) in [6.07, 6.45) is 2.57. The number of aromatic nitrogens is 1. The number of hydrogen-bond acceptors (Lipinski definition) is 3. The predicted octanol–water partition coefficient (Wildman–Crippen LogP) is 3.18. The molecule has 0 atom stereocenters. The number of carbonyl (C=O) groups is 1. The van der Waals surface area contributed by atoms with E-state index >= 15 is 0 Å². The van der Waals surface area contributed by atoms with E-state index in [4.69, 9.17) is 4.74 Å². The van der Waals surface area contributed by atoms with Crippen LogP contribution in [-0.4, -0.2) is 17.4 Å². The van der Waals surface area contributed by atoms with Gasteiger partial charge >= 0.3 is 0 Å². The molecule has 0 saturated heterocycles. The van der Waals surface area contributed by atoms with E-state index in [9.17, 15) is 9.18 Å². The summed E-state index contributed by atoms with van der Waals surface area (Å²) in [5.41, 5.74) is 1.15. The highest BCUT2D eigenvalue weighted by Crippen LogP contribution is 2.13. The largest absolute Gasteiger partial charge is 0.493 e. The molecule has 0 aliphatic heterocycles. The summed E-state index contributed by atoms with van der Waals surface area (Å²) < 4.78 is 18.8. The van der Waals surface area contributed by atoms with Crippen molar-refractivity contribution in [2.24, 2.45) is 0 Å². The van der Waals surface area contributed by atoms with Crippen molar-refractivity contribution in [1.82, 2.24) is 4.98 Å². The zero-order valence-electron chi connectivity index (χ0n) is 10.6. The Bertz CT molecular complexity index is 584. The van der Waals surface area contributed by atoms with Crippen LogP contribution in [0.5, 0.6) is 5.75 Å². The third kappa shape index (κ3) is 3.61. The first-order valence-electron chi connectivity index (χ1n) is 5.99. The van der Waals surface area contributed by atoms with Crippen LogP contribution in [0, 0.1) is 12.7 Å². The normalized spacial score (nSPS) is 10.2. The van der Waals surface area contributed by atoms with E-state index in [-0.39, 0.29) is 24.4 Å². The Morgan fingerprint density at radius 3 is 2.95 bits per heavy atom. The standard InChI is InChI=1S/C15H14FNO2/c1-11-3-2-4-12(9-11)19-8-6-15(18)13-5-7-17-10-14(13)16/h2-5,7,9-10H,6,8H2,1H3. The third-order valence-corrected chi connectivity index (χ3v) is 2.66. The van der Waals surface area contributed by atoms with Crippen molar-refractivity contribution >= 4 is 5.78 Å². The van der Waals surface area contributed by atoms with E-state index < -0.39 is 5.82 Å². The zero-order valence-corrected chi connectivity index (χ0v) is 10.6. The quantitative estimate of drug-likeness (QED) is 0.774. The highest BCUT2D eigenvalue weighted by molar-refractivity contribution is 5.96. The number of ketones is 1. The van der Waals surface area contributed by atoms with Gasteiger partial charge in [-0.3, -0.25) is 9.78 Å². The monoisotopic (exact) mass is 259 g/mol. The SMILES string of the molecule is Cc1cccc(OCCC(=O)c2ccncc2F)c1. The van der Waals surface area contributed by atoms with Gasteiger partial charge in [0.05, 0.1) is 18.4 Å². The number of carbonyl (C=O) groups excluding carboxylic acids is 1. The molecule has 1 heterocycles. The van der Waals surface area contributed by atoms with Crippen LogP contribution in [0.1, 0.15) is 22.3 Å². The summed E-state index contributed by atoms with van der Waals surface area (Å²) in [6, 6.07) is 8.94. The number of aryl methyl sites for hydroxylation is 1. The second-order valence-corrected chi connectivity index (χ2v) is 4.19. The van der Waals surface area contributed by atoms with Crippen LogP contribution in [-0.2, 0) is 0 Å². The van der Waals surface area contributed by atoms with Gasteiger partial charge in [-0.05, 0) is 30.7 Å². The fourth-order valence-electron chi connectivity index (χ4n) is 1.70. The van der Waals surface area contributed by atoms with Crippen LogP contribution in [0.2, 0.25) is 0 Å². The minimum absolute atomic E-state index is 0.0582. The van der Waals surface area contributed by atoms with Crippen LogP contribution < -0.4 is 4.74 Å². The van der Waals surface area contributed by atoms with Gasteiger partial charge in [-0.25, -0.2) is 4.39 Å². The molecule has 0 spiro atoms. The van der Waals surface area contributed by atoms with Gasteiger partial charge in [0.2, 0.25) is 0 Å². The highest BCUT2D eigenvalue weighted by Gasteiger charge is 2.11. The predicted molar refractivity (Wildman–Crippen MR) is 69.8 cm³/mol. The van der Waals surface area contributed by atoms with Crippen LogP contribution in [0.25, 0.3) is 0 Å². The van der Waals surface area contributed by atoms with Gasteiger partial charge in [-0.1, -0.05) is 12.1 Å². The fourth-order valence-corrected chi connectivity index (χ4v) is 1.70. The maximum atomic E-state index is 13.3.